The zero-order chi connectivity index (χ0) is 16.6. The molecule has 7 heteroatoms. The molecule has 1 aromatic carbocycles. The van der Waals surface area contributed by atoms with Gasteiger partial charge in [0.25, 0.3) is 5.91 Å². The summed E-state index contributed by atoms with van der Waals surface area (Å²) in [6.07, 6.45) is 1.99. The highest BCUT2D eigenvalue weighted by atomic mass is 35.5. The van der Waals surface area contributed by atoms with Gasteiger partial charge in [-0.25, -0.2) is 4.98 Å². The van der Waals surface area contributed by atoms with Gasteiger partial charge in [0.15, 0.2) is 0 Å². The molecule has 5 nitrogen and oxygen atoms in total. The molecule has 1 aliphatic heterocycles. The first kappa shape index (κ1) is 16.0. The maximum atomic E-state index is 12.6. The molecule has 1 N–H and O–H groups in total. The predicted octanol–water partition coefficient (Wildman–Crippen LogP) is 3.40. The van der Waals surface area contributed by atoms with Crippen LogP contribution < -0.4 is 0 Å². The van der Waals surface area contributed by atoms with Crippen molar-refractivity contribution in [2.45, 2.75) is 13.3 Å². The van der Waals surface area contributed by atoms with Crippen molar-refractivity contribution in [1.82, 2.24) is 9.88 Å². The Balaban J connectivity index is 1.80. The van der Waals surface area contributed by atoms with Crippen molar-refractivity contribution in [3.8, 4) is 10.6 Å². The highest BCUT2D eigenvalue weighted by molar-refractivity contribution is 7.17. The van der Waals surface area contributed by atoms with E-state index in [1.165, 1.54) is 17.5 Å². The normalized spacial score (nSPS) is 20.7. The third-order valence-corrected chi connectivity index (χ3v) is 5.45. The van der Waals surface area contributed by atoms with Crippen molar-refractivity contribution >= 4 is 34.8 Å². The van der Waals surface area contributed by atoms with E-state index in [1.54, 1.807) is 17.9 Å². The SMILES string of the molecule is C[C@@]1(C(=O)O)CCN(C(=O)c2cnc(-c3ccccc3Cl)s2)C1. The molecule has 0 unspecified atom stereocenters. The van der Waals surface area contributed by atoms with Gasteiger partial charge >= 0.3 is 5.97 Å². The fraction of sp³-hybridized carbons (Fsp3) is 0.312. The Morgan fingerprint density at radius 3 is 2.78 bits per heavy atom. The first-order valence-corrected chi connectivity index (χ1v) is 8.33. The molecule has 120 valence electrons. The average molecular weight is 351 g/mol. The van der Waals surface area contributed by atoms with Gasteiger partial charge < -0.3 is 10.0 Å². The van der Waals surface area contributed by atoms with E-state index in [-0.39, 0.29) is 12.5 Å². The number of benzene rings is 1. The van der Waals surface area contributed by atoms with Crippen molar-refractivity contribution in [3.05, 3.63) is 40.4 Å². The smallest absolute Gasteiger partial charge is 0.311 e. The van der Waals surface area contributed by atoms with Crippen molar-refractivity contribution in [1.29, 1.82) is 0 Å². The third-order valence-electron chi connectivity index (χ3n) is 4.10. The summed E-state index contributed by atoms with van der Waals surface area (Å²) >= 11 is 7.42. The summed E-state index contributed by atoms with van der Waals surface area (Å²) in [5.74, 6) is -1.04. The van der Waals surface area contributed by atoms with Gasteiger partial charge in [0, 0.05) is 18.7 Å². The molecule has 2 aromatic rings. The van der Waals surface area contributed by atoms with Gasteiger partial charge in [-0.05, 0) is 19.4 Å². The molecule has 3 rings (SSSR count). The molecule has 0 bridgehead atoms. The van der Waals surface area contributed by atoms with E-state index in [1.807, 2.05) is 18.2 Å². The van der Waals surface area contributed by atoms with Crippen molar-refractivity contribution in [3.63, 3.8) is 0 Å². The van der Waals surface area contributed by atoms with E-state index in [9.17, 15) is 14.7 Å². The molecule has 0 radical (unpaired) electrons. The molecular formula is C16H15ClN2O3S. The number of hydrogen-bond donors (Lipinski definition) is 1. The van der Waals surface area contributed by atoms with Gasteiger partial charge in [0.1, 0.15) is 9.88 Å². The van der Waals surface area contributed by atoms with Gasteiger partial charge in [-0.2, -0.15) is 0 Å². The predicted molar refractivity (Wildman–Crippen MR) is 88.8 cm³/mol. The van der Waals surface area contributed by atoms with Crippen LogP contribution in [0.5, 0.6) is 0 Å². The first-order valence-electron chi connectivity index (χ1n) is 7.14. The highest BCUT2D eigenvalue weighted by Crippen LogP contribution is 2.34. The summed E-state index contributed by atoms with van der Waals surface area (Å²) < 4.78 is 0. The maximum Gasteiger partial charge on any atom is 0.311 e. The summed E-state index contributed by atoms with van der Waals surface area (Å²) in [5, 5.41) is 10.5. The van der Waals surface area contributed by atoms with Crippen LogP contribution >= 0.6 is 22.9 Å². The van der Waals surface area contributed by atoms with Crippen LogP contribution in [0, 0.1) is 5.41 Å². The molecular weight excluding hydrogens is 336 g/mol. The lowest BCUT2D eigenvalue weighted by Crippen LogP contribution is -2.34. The van der Waals surface area contributed by atoms with Crippen LogP contribution in [0.25, 0.3) is 10.6 Å². The Hall–Kier alpha value is -1.92. The topological polar surface area (TPSA) is 70.5 Å². The summed E-state index contributed by atoms with van der Waals surface area (Å²) in [4.78, 5) is 30.2. The molecule has 23 heavy (non-hydrogen) atoms. The molecule has 1 aliphatic rings. The Morgan fingerprint density at radius 2 is 2.13 bits per heavy atom. The number of amides is 1. The summed E-state index contributed by atoms with van der Waals surface area (Å²) in [6.45, 7) is 2.34. The Bertz CT molecular complexity index is 776. The molecule has 0 saturated carbocycles. The molecule has 1 aromatic heterocycles. The second-order valence-corrected chi connectivity index (χ2v) is 7.29. The second kappa shape index (κ2) is 5.94. The first-order chi connectivity index (χ1) is 10.9. The number of nitrogens with zero attached hydrogens (tertiary/aromatic N) is 2. The zero-order valence-electron chi connectivity index (χ0n) is 12.5. The summed E-state index contributed by atoms with van der Waals surface area (Å²) in [6, 6.07) is 7.33. The Kier molecular flexibility index (Phi) is 4.12. The molecule has 1 amide bonds. The molecule has 0 aliphatic carbocycles. The number of rotatable bonds is 3. The van der Waals surface area contributed by atoms with E-state index in [2.05, 4.69) is 4.98 Å². The lowest BCUT2D eigenvalue weighted by molar-refractivity contribution is -0.147. The number of halogens is 1. The van der Waals surface area contributed by atoms with E-state index >= 15 is 0 Å². The minimum absolute atomic E-state index is 0.175. The third kappa shape index (κ3) is 2.96. The molecule has 1 atom stereocenters. The number of hydrogen-bond acceptors (Lipinski definition) is 4. The number of likely N-dealkylation sites (tertiary alicyclic amines) is 1. The van der Waals surface area contributed by atoms with E-state index in [0.29, 0.717) is 27.9 Å². The number of thiazole rings is 1. The largest absolute Gasteiger partial charge is 0.481 e. The molecule has 2 heterocycles. The van der Waals surface area contributed by atoms with E-state index in [0.717, 1.165) is 5.56 Å². The number of aromatic nitrogens is 1. The van der Waals surface area contributed by atoms with Gasteiger partial charge in [0.2, 0.25) is 0 Å². The van der Waals surface area contributed by atoms with Gasteiger partial charge in [-0.1, -0.05) is 29.8 Å². The molecule has 1 fully saturated rings. The highest BCUT2D eigenvalue weighted by Gasteiger charge is 2.42. The fourth-order valence-corrected chi connectivity index (χ4v) is 3.80. The van der Waals surface area contributed by atoms with Crippen LogP contribution in [0.2, 0.25) is 5.02 Å². The maximum absolute atomic E-state index is 12.6. The van der Waals surface area contributed by atoms with Gasteiger partial charge in [-0.15, -0.1) is 11.3 Å². The lowest BCUT2D eigenvalue weighted by Gasteiger charge is -2.19. The molecule has 1 saturated heterocycles. The monoisotopic (exact) mass is 350 g/mol. The van der Waals surface area contributed by atoms with Crippen LogP contribution in [-0.2, 0) is 4.79 Å². The van der Waals surface area contributed by atoms with Crippen LogP contribution in [0.15, 0.2) is 30.5 Å². The van der Waals surface area contributed by atoms with Crippen LogP contribution in [-0.4, -0.2) is 40.0 Å². The number of carboxylic acids is 1. The minimum atomic E-state index is -0.869. The number of aliphatic carboxylic acids is 1. The van der Waals surface area contributed by atoms with E-state index < -0.39 is 11.4 Å². The van der Waals surface area contributed by atoms with Crippen LogP contribution in [0.4, 0.5) is 0 Å². The quantitative estimate of drug-likeness (QED) is 0.921. The van der Waals surface area contributed by atoms with E-state index in [4.69, 9.17) is 11.6 Å². The van der Waals surface area contributed by atoms with Crippen molar-refractivity contribution in [2.75, 3.05) is 13.1 Å². The summed E-state index contributed by atoms with van der Waals surface area (Å²) in [7, 11) is 0. The van der Waals surface area contributed by atoms with Gasteiger partial charge in [0.05, 0.1) is 16.6 Å². The standard InChI is InChI=1S/C16H15ClN2O3S/c1-16(15(21)22)6-7-19(9-16)14(20)12-8-18-13(23-12)10-4-2-3-5-11(10)17/h2-5,8H,6-7,9H2,1H3,(H,21,22)/t16-/m1/s1. The van der Waals surface area contributed by atoms with Crippen molar-refractivity contribution in [2.24, 2.45) is 5.41 Å². The Morgan fingerprint density at radius 1 is 1.39 bits per heavy atom. The number of carbonyl (C=O) groups is 2. The lowest BCUT2D eigenvalue weighted by atomic mass is 9.90. The van der Waals surface area contributed by atoms with Crippen molar-refractivity contribution < 1.29 is 14.7 Å². The van der Waals surface area contributed by atoms with Crippen LogP contribution in [0.1, 0.15) is 23.0 Å². The summed E-state index contributed by atoms with van der Waals surface area (Å²) in [5.41, 5.74) is -0.0821. The zero-order valence-corrected chi connectivity index (χ0v) is 14.0. The number of carbonyl (C=O) groups excluding carboxylic acids is 1. The average Bonchev–Trinajstić information content (AvgIpc) is 3.15. The number of carboxylic acid groups (broad SMARTS) is 1. The minimum Gasteiger partial charge on any atom is -0.481 e. The Labute approximate surface area is 142 Å². The van der Waals surface area contributed by atoms with Crippen LogP contribution in [0.3, 0.4) is 0 Å². The fourth-order valence-electron chi connectivity index (χ4n) is 2.60. The second-order valence-electron chi connectivity index (χ2n) is 5.85. The van der Waals surface area contributed by atoms with Gasteiger partial charge in [-0.3, -0.25) is 9.59 Å². The molecule has 0 spiro atoms.